The molecular weight excluding hydrogens is 416 g/mol. The van der Waals surface area contributed by atoms with Gasteiger partial charge in [0.05, 0.1) is 23.1 Å². The molecule has 4 rings (SSSR count). The van der Waals surface area contributed by atoms with Crippen LogP contribution in [-0.2, 0) is 11.3 Å². The highest BCUT2D eigenvalue weighted by Crippen LogP contribution is 2.27. The number of ether oxygens (including phenoxy) is 1. The Balaban J connectivity index is 1.64. The van der Waals surface area contributed by atoms with Crippen LogP contribution >= 0.6 is 0 Å². The third-order valence-corrected chi connectivity index (χ3v) is 5.04. The number of anilines is 1. The second-order valence-corrected chi connectivity index (χ2v) is 8.74. The van der Waals surface area contributed by atoms with Crippen molar-refractivity contribution in [3.05, 3.63) is 83.9 Å². The number of urea groups is 1. The van der Waals surface area contributed by atoms with Crippen molar-refractivity contribution in [1.29, 1.82) is 0 Å². The molecule has 0 aliphatic rings. The number of primary amides is 1. The predicted octanol–water partition coefficient (Wildman–Crippen LogP) is 5.20. The lowest BCUT2D eigenvalue weighted by Crippen LogP contribution is -2.24. The third-order valence-electron chi connectivity index (χ3n) is 5.04. The molecule has 0 saturated carbocycles. The first-order chi connectivity index (χ1) is 15.7. The SMILES string of the molecule is CC(C)(C)OC(=O)c1ccccc1-c1ccc(Cn2c(NC(N)=O)nc3ccccc32)cc1. The zero-order valence-electron chi connectivity index (χ0n) is 18.8. The molecule has 7 heteroatoms. The van der Waals surface area contributed by atoms with Crippen LogP contribution in [0, 0.1) is 0 Å². The van der Waals surface area contributed by atoms with E-state index < -0.39 is 11.6 Å². The van der Waals surface area contributed by atoms with Crippen molar-refractivity contribution in [2.75, 3.05) is 5.32 Å². The van der Waals surface area contributed by atoms with Crippen molar-refractivity contribution >= 4 is 29.0 Å². The molecule has 0 bridgehead atoms. The number of aromatic nitrogens is 2. The Morgan fingerprint density at radius 2 is 1.64 bits per heavy atom. The van der Waals surface area contributed by atoms with Gasteiger partial charge >= 0.3 is 12.0 Å². The fraction of sp³-hybridized carbons (Fsp3) is 0.192. The highest BCUT2D eigenvalue weighted by molar-refractivity contribution is 5.97. The molecule has 168 valence electrons. The van der Waals surface area contributed by atoms with Crippen LogP contribution in [0.3, 0.4) is 0 Å². The highest BCUT2D eigenvalue weighted by atomic mass is 16.6. The van der Waals surface area contributed by atoms with Crippen LogP contribution in [0.2, 0.25) is 0 Å². The molecule has 0 unspecified atom stereocenters. The zero-order chi connectivity index (χ0) is 23.6. The Bertz CT molecular complexity index is 1320. The predicted molar refractivity (Wildman–Crippen MR) is 129 cm³/mol. The Labute approximate surface area is 192 Å². The van der Waals surface area contributed by atoms with Gasteiger partial charge in [-0.3, -0.25) is 5.32 Å². The van der Waals surface area contributed by atoms with Crippen molar-refractivity contribution in [2.24, 2.45) is 5.73 Å². The molecule has 3 N–H and O–H groups in total. The fourth-order valence-electron chi connectivity index (χ4n) is 3.66. The Hall–Kier alpha value is -4.13. The molecule has 7 nitrogen and oxygen atoms in total. The quantitative estimate of drug-likeness (QED) is 0.415. The number of para-hydroxylation sites is 2. The number of carbonyl (C=O) groups excluding carboxylic acids is 2. The van der Waals surface area contributed by atoms with E-state index in [0.29, 0.717) is 18.1 Å². The number of amides is 2. The summed E-state index contributed by atoms with van der Waals surface area (Å²) in [7, 11) is 0. The monoisotopic (exact) mass is 442 g/mol. The Kier molecular flexibility index (Phi) is 5.87. The minimum atomic E-state index is -0.666. The normalized spacial score (nSPS) is 11.4. The molecule has 2 amide bonds. The standard InChI is InChI=1S/C26H26N4O3/c1-26(2,3)33-23(31)20-9-5-4-8-19(20)18-14-12-17(13-15-18)16-30-22-11-7-6-10-21(22)28-25(30)29-24(27)32/h4-15H,16H2,1-3H3,(H3,27,28,29,32). The van der Waals surface area contributed by atoms with E-state index in [2.05, 4.69) is 10.3 Å². The van der Waals surface area contributed by atoms with Crippen LogP contribution in [0.15, 0.2) is 72.8 Å². The van der Waals surface area contributed by atoms with Gasteiger partial charge in [0.25, 0.3) is 0 Å². The Morgan fingerprint density at radius 3 is 2.33 bits per heavy atom. The number of benzene rings is 3. The molecule has 3 aromatic carbocycles. The molecule has 0 spiro atoms. The maximum atomic E-state index is 12.7. The van der Waals surface area contributed by atoms with Gasteiger partial charge in [-0.1, -0.05) is 54.6 Å². The van der Waals surface area contributed by atoms with E-state index in [1.165, 1.54) is 0 Å². The van der Waals surface area contributed by atoms with E-state index in [1.54, 1.807) is 6.07 Å². The second kappa shape index (κ2) is 8.78. The summed E-state index contributed by atoms with van der Waals surface area (Å²) in [4.78, 5) is 28.6. The van der Waals surface area contributed by atoms with Crippen LogP contribution in [0.1, 0.15) is 36.7 Å². The van der Waals surface area contributed by atoms with Crippen LogP contribution in [0.25, 0.3) is 22.2 Å². The van der Waals surface area contributed by atoms with E-state index >= 15 is 0 Å². The molecule has 4 aromatic rings. The van der Waals surface area contributed by atoms with Crippen molar-refractivity contribution in [1.82, 2.24) is 9.55 Å². The summed E-state index contributed by atoms with van der Waals surface area (Å²) in [6, 6.07) is 22.3. The third kappa shape index (κ3) is 5.03. The molecule has 1 heterocycles. The highest BCUT2D eigenvalue weighted by Gasteiger charge is 2.20. The number of hydrogen-bond acceptors (Lipinski definition) is 4. The van der Waals surface area contributed by atoms with E-state index in [9.17, 15) is 9.59 Å². The number of imidazole rings is 1. The maximum Gasteiger partial charge on any atom is 0.339 e. The van der Waals surface area contributed by atoms with Gasteiger partial charge in [-0.25, -0.2) is 14.6 Å². The first-order valence-electron chi connectivity index (χ1n) is 10.6. The van der Waals surface area contributed by atoms with Gasteiger partial charge in [-0.2, -0.15) is 0 Å². The van der Waals surface area contributed by atoms with Gasteiger partial charge in [0.1, 0.15) is 5.60 Å². The van der Waals surface area contributed by atoms with Crippen LogP contribution < -0.4 is 11.1 Å². The molecule has 0 fully saturated rings. The second-order valence-electron chi connectivity index (χ2n) is 8.74. The number of rotatable bonds is 5. The first-order valence-corrected chi connectivity index (χ1v) is 10.6. The van der Waals surface area contributed by atoms with Gasteiger partial charge in [0.2, 0.25) is 5.95 Å². The minimum Gasteiger partial charge on any atom is -0.456 e. The van der Waals surface area contributed by atoms with Gasteiger partial charge in [0.15, 0.2) is 0 Å². The number of esters is 1. The van der Waals surface area contributed by atoms with Crippen LogP contribution in [0.4, 0.5) is 10.7 Å². The maximum absolute atomic E-state index is 12.7. The summed E-state index contributed by atoms with van der Waals surface area (Å²) in [6.45, 7) is 6.04. The lowest BCUT2D eigenvalue weighted by molar-refractivity contribution is 0.00704. The van der Waals surface area contributed by atoms with E-state index in [4.69, 9.17) is 10.5 Å². The largest absolute Gasteiger partial charge is 0.456 e. The molecule has 0 radical (unpaired) electrons. The summed E-state index contributed by atoms with van der Waals surface area (Å²) in [6.07, 6.45) is 0. The number of fused-ring (bicyclic) bond motifs is 1. The summed E-state index contributed by atoms with van der Waals surface area (Å²) in [5.41, 5.74) is 9.66. The number of nitrogens with one attached hydrogen (secondary N) is 1. The van der Waals surface area contributed by atoms with E-state index in [1.807, 2.05) is 92.1 Å². The first kappa shape index (κ1) is 22.1. The summed E-state index contributed by atoms with van der Waals surface area (Å²) >= 11 is 0. The minimum absolute atomic E-state index is 0.353. The van der Waals surface area contributed by atoms with Crippen molar-refractivity contribution < 1.29 is 14.3 Å². The van der Waals surface area contributed by atoms with Gasteiger partial charge in [-0.05, 0) is 55.7 Å². The number of hydrogen-bond donors (Lipinski definition) is 2. The van der Waals surface area contributed by atoms with E-state index in [0.717, 1.165) is 27.7 Å². The van der Waals surface area contributed by atoms with Gasteiger partial charge in [0, 0.05) is 0 Å². The van der Waals surface area contributed by atoms with Gasteiger partial charge in [-0.15, -0.1) is 0 Å². The fourth-order valence-corrected chi connectivity index (χ4v) is 3.66. The molecule has 0 saturated heterocycles. The molecule has 1 aromatic heterocycles. The molecular formula is C26H26N4O3. The summed E-state index contributed by atoms with van der Waals surface area (Å²) < 4.78 is 7.48. The summed E-state index contributed by atoms with van der Waals surface area (Å²) in [5.74, 6) is 0.0391. The van der Waals surface area contributed by atoms with Crippen molar-refractivity contribution in [3.8, 4) is 11.1 Å². The zero-order valence-corrected chi connectivity index (χ0v) is 18.8. The van der Waals surface area contributed by atoms with E-state index in [-0.39, 0.29) is 5.97 Å². The smallest absolute Gasteiger partial charge is 0.339 e. The molecule has 0 aliphatic carbocycles. The lowest BCUT2D eigenvalue weighted by Gasteiger charge is -2.20. The number of nitrogens with zero attached hydrogens (tertiary/aromatic N) is 2. The van der Waals surface area contributed by atoms with Crippen molar-refractivity contribution in [3.63, 3.8) is 0 Å². The van der Waals surface area contributed by atoms with Crippen LogP contribution in [-0.4, -0.2) is 27.2 Å². The average molecular weight is 443 g/mol. The summed E-state index contributed by atoms with van der Waals surface area (Å²) in [5, 5.41) is 2.60. The molecule has 0 atom stereocenters. The van der Waals surface area contributed by atoms with Crippen molar-refractivity contribution in [2.45, 2.75) is 32.9 Å². The van der Waals surface area contributed by atoms with Crippen LogP contribution in [0.5, 0.6) is 0 Å². The topological polar surface area (TPSA) is 99.2 Å². The number of carbonyl (C=O) groups is 2. The van der Waals surface area contributed by atoms with Gasteiger partial charge < -0.3 is 15.0 Å². The Morgan fingerprint density at radius 1 is 0.970 bits per heavy atom. The average Bonchev–Trinajstić information content (AvgIpc) is 3.09. The number of nitrogens with two attached hydrogens (primary N) is 1. The molecule has 33 heavy (non-hydrogen) atoms. The lowest BCUT2D eigenvalue weighted by atomic mass is 9.98. The molecule has 0 aliphatic heterocycles.